The molecule has 0 spiro atoms. The molecular formula is C25H24N4O. The summed E-state index contributed by atoms with van der Waals surface area (Å²) in [5.74, 6) is 1.66. The number of hydrogen-bond acceptors (Lipinski definition) is 4. The quantitative estimate of drug-likeness (QED) is 0.497. The highest BCUT2D eigenvalue weighted by Crippen LogP contribution is 2.38. The second-order valence-electron chi connectivity index (χ2n) is 7.73. The molecule has 0 aliphatic carbocycles. The normalized spacial score (nSPS) is 17.8. The predicted octanol–water partition coefficient (Wildman–Crippen LogP) is 5.31. The lowest BCUT2D eigenvalue weighted by Crippen LogP contribution is -2.28. The highest BCUT2D eigenvalue weighted by Gasteiger charge is 2.30. The zero-order valence-corrected chi connectivity index (χ0v) is 16.9. The monoisotopic (exact) mass is 396 g/mol. The highest BCUT2D eigenvalue weighted by atomic mass is 16.5. The fraction of sp³-hybridized carbons (Fsp3) is 0.200. The molecule has 0 bridgehead atoms. The van der Waals surface area contributed by atoms with E-state index < -0.39 is 0 Å². The van der Waals surface area contributed by atoms with Crippen molar-refractivity contribution in [1.29, 1.82) is 0 Å². The molecule has 0 unspecified atom stereocenters. The van der Waals surface area contributed by atoms with Crippen molar-refractivity contribution in [2.24, 2.45) is 0 Å². The summed E-state index contributed by atoms with van der Waals surface area (Å²) >= 11 is 0. The minimum atomic E-state index is 0.0929. The van der Waals surface area contributed by atoms with Crippen LogP contribution in [0.1, 0.15) is 40.8 Å². The molecule has 0 amide bonds. The van der Waals surface area contributed by atoms with Crippen LogP contribution in [0, 0.1) is 6.92 Å². The van der Waals surface area contributed by atoms with Gasteiger partial charge < -0.3 is 10.1 Å². The Bertz CT molecular complexity index is 1120. The van der Waals surface area contributed by atoms with Gasteiger partial charge in [0.2, 0.25) is 5.95 Å². The van der Waals surface area contributed by atoms with Gasteiger partial charge in [0.15, 0.2) is 0 Å². The molecule has 2 atom stereocenters. The van der Waals surface area contributed by atoms with Crippen molar-refractivity contribution in [1.82, 2.24) is 14.8 Å². The maximum atomic E-state index is 6.06. The fourth-order valence-corrected chi connectivity index (χ4v) is 3.97. The Morgan fingerprint density at radius 2 is 1.80 bits per heavy atom. The molecule has 0 saturated heterocycles. The molecule has 1 N–H and O–H groups in total. The van der Waals surface area contributed by atoms with Crippen LogP contribution in [-0.2, 0) is 6.61 Å². The average Bonchev–Trinajstić information content (AvgIpc) is 3.27. The zero-order valence-electron chi connectivity index (χ0n) is 16.9. The first-order valence-corrected chi connectivity index (χ1v) is 10.3. The third-order valence-electron chi connectivity index (χ3n) is 5.60. The van der Waals surface area contributed by atoms with E-state index in [2.05, 4.69) is 76.9 Å². The molecule has 0 saturated carbocycles. The van der Waals surface area contributed by atoms with Gasteiger partial charge in [-0.25, -0.2) is 4.68 Å². The molecule has 0 radical (unpaired) electrons. The van der Waals surface area contributed by atoms with Crippen molar-refractivity contribution in [3.8, 4) is 5.75 Å². The minimum Gasteiger partial charge on any atom is -0.489 e. The first kappa shape index (κ1) is 18.4. The molecule has 2 heterocycles. The van der Waals surface area contributed by atoms with Crippen LogP contribution in [0.25, 0.3) is 0 Å². The summed E-state index contributed by atoms with van der Waals surface area (Å²) in [6.45, 7) is 2.66. The van der Waals surface area contributed by atoms with Crippen molar-refractivity contribution in [3.63, 3.8) is 0 Å². The summed E-state index contributed by atoms with van der Waals surface area (Å²) < 4.78 is 8.03. The van der Waals surface area contributed by atoms with Gasteiger partial charge in [-0.1, -0.05) is 72.3 Å². The van der Waals surface area contributed by atoms with E-state index in [0.717, 1.165) is 23.7 Å². The number of nitrogens with zero attached hydrogens (tertiary/aromatic N) is 3. The fourth-order valence-electron chi connectivity index (χ4n) is 3.97. The van der Waals surface area contributed by atoms with Gasteiger partial charge in [0, 0.05) is 0 Å². The van der Waals surface area contributed by atoms with Crippen LogP contribution in [0.15, 0.2) is 85.2 Å². The number of rotatable bonds is 5. The SMILES string of the molecule is Cc1ccc([C@@H]2C[C@@H](c3cccc(OCc4ccccc4)c3)n3ncnc3N2)cc1. The van der Waals surface area contributed by atoms with Crippen LogP contribution in [0.3, 0.4) is 0 Å². The maximum Gasteiger partial charge on any atom is 0.222 e. The molecular weight excluding hydrogens is 372 g/mol. The molecule has 3 aromatic carbocycles. The van der Waals surface area contributed by atoms with E-state index in [0.29, 0.717) is 6.61 Å². The maximum absolute atomic E-state index is 6.06. The average molecular weight is 396 g/mol. The first-order valence-electron chi connectivity index (χ1n) is 10.3. The number of anilines is 1. The Hall–Kier alpha value is -3.60. The van der Waals surface area contributed by atoms with Gasteiger partial charge in [-0.2, -0.15) is 10.1 Å². The number of hydrogen-bond donors (Lipinski definition) is 1. The summed E-state index contributed by atoms with van der Waals surface area (Å²) in [6, 6.07) is 27.5. The lowest BCUT2D eigenvalue weighted by atomic mass is 9.93. The number of nitrogens with one attached hydrogen (secondary N) is 1. The van der Waals surface area contributed by atoms with E-state index in [1.807, 2.05) is 28.9 Å². The van der Waals surface area contributed by atoms with Gasteiger partial charge in [-0.05, 0) is 42.2 Å². The Morgan fingerprint density at radius 3 is 2.63 bits per heavy atom. The van der Waals surface area contributed by atoms with Gasteiger partial charge in [-0.3, -0.25) is 0 Å². The number of aryl methyl sites for hydroxylation is 1. The largest absolute Gasteiger partial charge is 0.489 e. The zero-order chi connectivity index (χ0) is 20.3. The number of ether oxygens (including phenoxy) is 1. The van der Waals surface area contributed by atoms with E-state index in [1.165, 1.54) is 16.7 Å². The number of benzene rings is 3. The Balaban J connectivity index is 1.40. The van der Waals surface area contributed by atoms with E-state index >= 15 is 0 Å². The molecule has 1 aromatic heterocycles. The number of fused-ring (bicyclic) bond motifs is 1. The van der Waals surface area contributed by atoms with E-state index in [4.69, 9.17) is 4.74 Å². The van der Waals surface area contributed by atoms with Gasteiger partial charge in [0.1, 0.15) is 18.7 Å². The molecule has 0 fully saturated rings. The molecule has 5 rings (SSSR count). The smallest absolute Gasteiger partial charge is 0.222 e. The van der Waals surface area contributed by atoms with Gasteiger partial charge in [0.25, 0.3) is 0 Å². The second-order valence-corrected chi connectivity index (χ2v) is 7.73. The molecule has 5 heteroatoms. The molecule has 1 aliphatic heterocycles. The summed E-state index contributed by atoms with van der Waals surface area (Å²) in [5.41, 5.74) is 4.85. The second kappa shape index (κ2) is 8.03. The van der Waals surface area contributed by atoms with Crippen molar-refractivity contribution >= 4 is 5.95 Å². The topological polar surface area (TPSA) is 52.0 Å². The van der Waals surface area contributed by atoms with Crippen LogP contribution in [0.2, 0.25) is 0 Å². The summed E-state index contributed by atoms with van der Waals surface area (Å²) in [5, 5.41) is 8.01. The van der Waals surface area contributed by atoms with E-state index in [9.17, 15) is 0 Å². The molecule has 30 heavy (non-hydrogen) atoms. The minimum absolute atomic E-state index is 0.0929. The van der Waals surface area contributed by atoms with Crippen LogP contribution < -0.4 is 10.1 Å². The lowest BCUT2D eigenvalue weighted by Gasteiger charge is -2.32. The van der Waals surface area contributed by atoms with Crippen molar-refractivity contribution in [2.75, 3.05) is 5.32 Å². The number of aromatic nitrogens is 3. The van der Waals surface area contributed by atoms with Crippen LogP contribution in [-0.4, -0.2) is 14.8 Å². The predicted molar refractivity (Wildman–Crippen MR) is 118 cm³/mol. The van der Waals surface area contributed by atoms with Crippen LogP contribution >= 0.6 is 0 Å². The standard InChI is InChI=1S/C25H24N4O/c1-18-10-12-20(13-11-18)23-15-24(29-25(28-23)26-17-27-29)21-8-5-9-22(14-21)30-16-19-6-3-2-4-7-19/h2-14,17,23-24H,15-16H2,1H3,(H,26,27,28)/t23-,24-/m0/s1. The summed E-state index contributed by atoms with van der Waals surface area (Å²) in [7, 11) is 0. The van der Waals surface area contributed by atoms with E-state index in [-0.39, 0.29) is 12.1 Å². The third-order valence-corrected chi connectivity index (χ3v) is 5.60. The van der Waals surface area contributed by atoms with E-state index in [1.54, 1.807) is 6.33 Å². The first-order chi connectivity index (χ1) is 14.8. The molecule has 4 aromatic rings. The van der Waals surface area contributed by atoms with Crippen molar-refractivity contribution in [3.05, 3.63) is 107 Å². The molecule has 5 nitrogen and oxygen atoms in total. The molecule has 1 aliphatic rings. The Morgan fingerprint density at radius 1 is 0.967 bits per heavy atom. The van der Waals surface area contributed by atoms with Crippen LogP contribution in [0.5, 0.6) is 5.75 Å². The van der Waals surface area contributed by atoms with Gasteiger partial charge in [0.05, 0.1) is 12.1 Å². The van der Waals surface area contributed by atoms with Crippen molar-refractivity contribution < 1.29 is 4.74 Å². The lowest BCUT2D eigenvalue weighted by molar-refractivity contribution is 0.305. The highest BCUT2D eigenvalue weighted by molar-refractivity contribution is 5.40. The summed E-state index contributed by atoms with van der Waals surface area (Å²) in [4.78, 5) is 4.43. The molecule has 150 valence electrons. The van der Waals surface area contributed by atoms with Gasteiger partial charge in [-0.15, -0.1) is 0 Å². The third kappa shape index (κ3) is 3.79. The summed E-state index contributed by atoms with van der Waals surface area (Å²) in [6.07, 6.45) is 2.50. The van der Waals surface area contributed by atoms with Gasteiger partial charge >= 0.3 is 0 Å². The van der Waals surface area contributed by atoms with Crippen LogP contribution in [0.4, 0.5) is 5.95 Å². The Labute approximate surface area is 176 Å². The van der Waals surface area contributed by atoms with Crippen molar-refractivity contribution in [2.45, 2.75) is 32.0 Å². The Kier molecular flexibility index (Phi) is 4.93.